The summed E-state index contributed by atoms with van der Waals surface area (Å²) in [5.41, 5.74) is 2.62. The Hall–Kier alpha value is -2.82. The third kappa shape index (κ3) is 3.02. The van der Waals surface area contributed by atoms with Gasteiger partial charge in [0.15, 0.2) is 5.76 Å². The van der Waals surface area contributed by atoms with Gasteiger partial charge < -0.3 is 9.73 Å². The number of nitrogens with zero attached hydrogens (tertiary/aromatic N) is 2. The Labute approximate surface area is 122 Å². The van der Waals surface area contributed by atoms with E-state index in [-0.39, 0.29) is 5.91 Å². The predicted octanol–water partition coefficient (Wildman–Crippen LogP) is 3.09. The molecule has 106 valence electrons. The van der Waals surface area contributed by atoms with Crippen LogP contribution in [0.2, 0.25) is 0 Å². The van der Waals surface area contributed by atoms with E-state index in [1.807, 2.05) is 48.1 Å². The van der Waals surface area contributed by atoms with E-state index >= 15 is 0 Å². The van der Waals surface area contributed by atoms with Crippen molar-refractivity contribution >= 4 is 11.6 Å². The summed E-state index contributed by atoms with van der Waals surface area (Å²) in [5, 5.41) is 7.01. The Balaban J connectivity index is 1.74. The average molecular weight is 281 g/mol. The van der Waals surface area contributed by atoms with Crippen molar-refractivity contribution in [2.24, 2.45) is 0 Å². The van der Waals surface area contributed by atoms with Gasteiger partial charge in [-0.3, -0.25) is 9.48 Å². The largest absolute Gasteiger partial charge is 0.459 e. The third-order valence-electron chi connectivity index (χ3n) is 3.16. The van der Waals surface area contributed by atoms with Crippen molar-refractivity contribution in [2.75, 3.05) is 5.32 Å². The molecule has 0 aliphatic carbocycles. The molecule has 0 saturated heterocycles. The molecular formula is C16H15N3O2. The summed E-state index contributed by atoms with van der Waals surface area (Å²) in [7, 11) is 0. The van der Waals surface area contributed by atoms with Crippen LogP contribution in [-0.2, 0) is 6.54 Å². The highest BCUT2D eigenvalue weighted by molar-refractivity contribution is 6.03. The molecule has 0 aliphatic heterocycles. The fourth-order valence-electron chi connectivity index (χ4n) is 2.12. The molecule has 1 amide bonds. The predicted molar refractivity (Wildman–Crippen MR) is 79.2 cm³/mol. The molecule has 5 nitrogen and oxygen atoms in total. The second kappa shape index (κ2) is 5.66. The molecule has 0 fully saturated rings. The Morgan fingerprint density at radius 3 is 2.95 bits per heavy atom. The zero-order valence-electron chi connectivity index (χ0n) is 11.6. The van der Waals surface area contributed by atoms with Gasteiger partial charge in [0.1, 0.15) is 0 Å². The van der Waals surface area contributed by atoms with Gasteiger partial charge in [0.25, 0.3) is 5.91 Å². The van der Waals surface area contributed by atoms with Crippen LogP contribution in [0, 0.1) is 6.92 Å². The second-order valence-corrected chi connectivity index (χ2v) is 4.79. The lowest BCUT2D eigenvalue weighted by molar-refractivity contribution is 0.0996. The minimum absolute atomic E-state index is 0.242. The van der Waals surface area contributed by atoms with Crippen molar-refractivity contribution in [2.45, 2.75) is 13.5 Å². The first-order valence-electron chi connectivity index (χ1n) is 6.64. The number of nitrogens with one attached hydrogen (secondary N) is 1. The van der Waals surface area contributed by atoms with E-state index < -0.39 is 0 Å². The lowest BCUT2D eigenvalue weighted by Gasteiger charge is -2.07. The first-order chi connectivity index (χ1) is 10.2. The number of rotatable bonds is 4. The minimum Gasteiger partial charge on any atom is -0.459 e. The number of anilines is 1. The van der Waals surface area contributed by atoms with Gasteiger partial charge in [-0.05, 0) is 36.8 Å². The Kier molecular flexibility index (Phi) is 3.55. The van der Waals surface area contributed by atoms with Gasteiger partial charge in [0.2, 0.25) is 0 Å². The molecule has 0 radical (unpaired) electrons. The number of aromatic nitrogens is 2. The number of carbonyl (C=O) groups is 1. The lowest BCUT2D eigenvalue weighted by Crippen LogP contribution is -2.12. The first-order valence-corrected chi connectivity index (χ1v) is 6.64. The molecule has 21 heavy (non-hydrogen) atoms. The monoisotopic (exact) mass is 281 g/mol. The molecule has 1 aromatic carbocycles. The minimum atomic E-state index is -0.242. The lowest BCUT2D eigenvalue weighted by atomic mass is 10.2. The third-order valence-corrected chi connectivity index (χ3v) is 3.16. The molecule has 2 heterocycles. The highest BCUT2D eigenvalue weighted by atomic mass is 16.3. The van der Waals surface area contributed by atoms with Crippen molar-refractivity contribution in [1.29, 1.82) is 0 Å². The highest BCUT2D eigenvalue weighted by Gasteiger charge is 2.12. The maximum absolute atomic E-state index is 12.1. The standard InChI is InChI=1S/C16H15N3O2/c1-12-6-9-21-15(12)16(20)18-14-5-2-4-13(10-14)11-19-8-3-7-17-19/h2-10H,11H2,1H3,(H,18,20). The molecule has 5 heteroatoms. The maximum Gasteiger partial charge on any atom is 0.291 e. The van der Waals surface area contributed by atoms with E-state index in [1.165, 1.54) is 6.26 Å². The van der Waals surface area contributed by atoms with Gasteiger partial charge in [0, 0.05) is 23.6 Å². The Morgan fingerprint density at radius 2 is 2.24 bits per heavy atom. The van der Waals surface area contributed by atoms with E-state index in [9.17, 15) is 4.79 Å². The van der Waals surface area contributed by atoms with E-state index in [0.29, 0.717) is 12.3 Å². The van der Waals surface area contributed by atoms with Crippen molar-refractivity contribution in [1.82, 2.24) is 9.78 Å². The summed E-state index contributed by atoms with van der Waals surface area (Å²) in [5.74, 6) is 0.0984. The molecule has 0 saturated carbocycles. The number of hydrogen-bond acceptors (Lipinski definition) is 3. The van der Waals surface area contributed by atoms with Gasteiger partial charge in [-0.1, -0.05) is 12.1 Å². The molecule has 1 N–H and O–H groups in total. The molecule has 0 spiro atoms. The van der Waals surface area contributed by atoms with Gasteiger partial charge >= 0.3 is 0 Å². The Bertz CT molecular complexity index is 744. The number of benzene rings is 1. The smallest absolute Gasteiger partial charge is 0.291 e. The summed E-state index contributed by atoms with van der Waals surface area (Å²) in [6.45, 7) is 2.50. The zero-order valence-corrected chi connectivity index (χ0v) is 11.6. The van der Waals surface area contributed by atoms with Crippen molar-refractivity contribution in [3.8, 4) is 0 Å². The number of aryl methyl sites for hydroxylation is 1. The molecule has 0 bridgehead atoms. The van der Waals surface area contributed by atoms with Crippen LogP contribution in [0.15, 0.2) is 59.5 Å². The van der Waals surface area contributed by atoms with Crippen LogP contribution in [0.25, 0.3) is 0 Å². The molecule has 3 rings (SSSR count). The van der Waals surface area contributed by atoms with E-state index in [1.54, 1.807) is 12.3 Å². The topological polar surface area (TPSA) is 60.1 Å². The molecule has 0 unspecified atom stereocenters. The van der Waals surface area contributed by atoms with Crippen LogP contribution in [0.3, 0.4) is 0 Å². The summed E-state index contributed by atoms with van der Waals surface area (Å²) < 4.78 is 7.02. The van der Waals surface area contributed by atoms with Crippen LogP contribution >= 0.6 is 0 Å². The Morgan fingerprint density at radius 1 is 1.33 bits per heavy atom. The quantitative estimate of drug-likeness (QED) is 0.799. The summed E-state index contributed by atoms with van der Waals surface area (Å²) >= 11 is 0. The molecule has 0 atom stereocenters. The summed E-state index contributed by atoms with van der Waals surface area (Å²) in [4.78, 5) is 12.1. The number of furan rings is 1. The molecular weight excluding hydrogens is 266 g/mol. The van der Waals surface area contributed by atoms with Crippen LogP contribution in [0.5, 0.6) is 0 Å². The SMILES string of the molecule is Cc1ccoc1C(=O)Nc1cccc(Cn2cccn2)c1. The number of amides is 1. The van der Waals surface area contributed by atoms with Crippen molar-refractivity contribution in [3.63, 3.8) is 0 Å². The molecule has 3 aromatic rings. The average Bonchev–Trinajstić information content (AvgIpc) is 3.10. The fourth-order valence-corrected chi connectivity index (χ4v) is 2.12. The van der Waals surface area contributed by atoms with E-state index in [0.717, 1.165) is 16.8 Å². The fraction of sp³-hybridized carbons (Fsp3) is 0.125. The molecule has 2 aromatic heterocycles. The second-order valence-electron chi connectivity index (χ2n) is 4.79. The van der Waals surface area contributed by atoms with Gasteiger partial charge in [0.05, 0.1) is 12.8 Å². The van der Waals surface area contributed by atoms with Crippen LogP contribution in [0.1, 0.15) is 21.7 Å². The highest BCUT2D eigenvalue weighted by Crippen LogP contribution is 2.15. The maximum atomic E-state index is 12.1. The summed E-state index contributed by atoms with van der Waals surface area (Å²) in [6, 6.07) is 11.3. The summed E-state index contributed by atoms with van der Waals surface area (Å²) in [6.07, 6.45) is 5.15. The molecule has 0 aliphatic rings. The van der Waals surface area contributed by atoms with Crippen LogP contribution in [-0.4, -0.2) is 15.7 Å². The number of hydrogen-bond donors (Lipinski definition) is 1. The zero-order chi connectivity index (χ0) is 14.7. The van der Waals surface area contributed by atoms with Gasteiger partial charge in [-0.2, -0.15) is 5.10 Å². The van der Waals surface area contributed by atoms with Crippen molar-refractivity contribution < 1.29 is 9.21 Å². The normalized spacial score (nSPS) is 10.5. The van der Waals surface area contributed by atoms with Gasteiger partial charge in [-0.15, -0.1) is 0 Å². The first kappa shape index (κ1) is 13.2. The van der Waals surface area contributed by atoms with Crippen LogP contribution in [0.4, 0.5) is 5.69 Å². The number of carbonyl (C=O) groups excluding carboxylic acids is 1. The van der Waals surface area contributed by atoms with E-state index in [4.69, 9.17) is 4.42 Å². The van der Waals surface area contributed by atoms with Crippen LogP contribution < -0.4 is 5.32 Å². The van der Waals surface area contributed by atoms with Crippen molar-refractivity contribution in [3.05, 3.63) is 71.9 Å². The van der Waals surface area contributed by atoms with E-state index in [2.05, 4.69) is 10.4 Å². The van der Waals surface area contributed by atoms with Gasteiger partial charge in [-0.25, -0.2) is 0 Å².